The average Bonchev–Trinajstić information content (AvgIpc) is 3.19. The Balaban J connectivity index is 1.70. The first-order chi connectivity index (χ1) is 15.5. The predicted octanol–water partition coefficient (Wildman–Crippen LogP) is 4.54. The smallest absolute Gasteiger partial charge is 0.423 e. The van der Waals surface area contributed by atoms with Gasteiger partial charge in [0.1, 0.15) is 22.9 Å². The summed E-state index contributed by atoms with van der Waals surface area (Å²) < 4.78 is 73.4. The third-order valence-electron chi connectivity index (χ3n) is 5.27. The number of nitrogens with zero attached hydrogens (tertiary/aromatic N) is 3. The minimum atomic E-state index is -4.93. The van der Waals surface area contributed by atoms with Gasteiger partial charge in [-0.3, -0.25) is 0 Å². The summed E-state index contributed by atoms with van der Waals surface area (Å²) in [6.07, 6.45) is -4.58. The number of aliphatic hydroxyl groups is 1. The van der Waals surface area contributed by atoms with Crippen LogP contribution in [0.3, 0.4) is 0 Å². The van der Waals surface area contributed by atoms with E-state index >= 15 is 0 Å². The monoisotopic (exact) mass is 465 g/mol. The number of aromatic nitrogens is 3. The zero-order valence-electron chi connectivity index (χ0n) is 17.0. The zero-order chi connectivity index (χ0) is 24.0. The first-order valence-electron chi connectivity index (χ1n) is 9.73. The number of rotatable bonds is 5. The molecule has 2 heterocycles. The van der Waals surface area contributed by atoms with Gasteiger partial charge >= 0.3 is 11.8 Å². The zero-order valence-corrected chi connectivity index (χ0v) is 17.0. The highest BCUT2D eigenvalue weighted by atomic mass is 19.4. The van der Waals surface area contributed by atoms with E-state index in [1.165, 1.54) is 13.0 Å². The van der Waals surface area contributed by atoms with Crippen molar-refractivity contribution in [3.05, 3.63) is 82.0 Å². The molecular weight excluding hydrogens is 449 g/mol. The third-order valence-corrected chi connectivity index (χ3v) is 5.27. The third kappa shape index (κ3) is 4.23. The van der Waals surface area contributed by atoms with Crippen molar-refractivity contribution in [2.45, 2.75) is 31.7 Å². The van der Waals surface area contributed by atoms with Crippen LogP contribution < -0.4 is 5.63 Å². The molecule has 0 spiro atoms. The Hall–Kier alpha value is -3.60. The molecule has 4 rings (SSSR count). The van der Waals surface area contributed by atoms with Crippen molar-refractivity contribution < 1.29 is 31.5 Å². The summed E-state index contributed by atoms with van der Waals surface area (Å²) in [5.74, 6) is -1.62. The number of alkyl halides is 3. The van der Waals surface area contributed by atoms with Crippen molar-refractivity contribution in [1.29, 1.82) is 0 Å². The average molecular weight is 465 g/mol. The van der Waals surface area contributed by atoms with E-state index in [0.717, 1.165) is 29.1 Å². The van der Waals surface area contributed by atoms with Crippen molar-refractivity contribution in [1.82, 2.24) is 15.0 Å². The molecule has 4 aromatic rings. The minimum absolute atomic E-state index is 0.0386. The van der Waals surface area contributed by atoms with Gasteiger partial charge in [0.05, 0.1) is 12.7 Å². The van der Waals surface area contributed by atoms with Crippen molar-refractivity contribution >= 4 is 11.0 Å². The maximum atomic E-state index is 13.7. The maximum Gasteiger partial charge on any atom is 0.423 e. The fourth-order valence-corrected chi connectivity index (χ4v) is 3.53. The molecule has 0 saturated carbocycles. The quantitative estimate of drug-likeness (QED) is 0.346. The Morgan fingerprint density at radius 3 is 2.39 bits per heavy atom. The maximum absolute atomic E-state index is 13.7. The number of hydrogen-bond donors (Lipinski definition) is 1. The van der Waals surface area contributed by atoms with Crippen LogP contribution >= 0.6 is 0 Å². The Morgan fingerprint density at radius 1 is 1.06 bits per heavy atom. The summed E-state index contributed by atoms with van der Waals surface area (Å²) in [5.41, 5.74) is -3.51. The van der Waals surface area contributed by atoms with Crippen molar-refractivity contribution in [3.8, 4) is 11.1 Å². The summed E-state index contributed by atoms with van der Waals surface area (Å²) in [4.78, 5) is 12.0. The van der Waals surface area contributed by atoms with Crippen LogP contribution in [0.1, 0.15) is 24.6 Å². The largest absolute Gasteiger partial charge is 0.423 e. The normalized spacial score (nSPS) is 13.9. The summed E-state index contributed by atoms with van der Waals surface area (Å²) >= 11 is 0. The lowest BCUT2D eigenvalue weighted by Gasteiger charge is -2.26. The van der Waals surface area contributed by atoms with Crippen molar-refractivity contribution in [2.75, 3.05) is 0 Å². The van der Waals surface area contributed by atoms with Gasteiger partial charge in [-0.05, 0) is 35.7 Å². The fraction of sp³-hybridized carbons (Fsp3) is 0.227. The first kappa shape index (κ1) is 22.6. The van der Waals surface area contributed by atoms with Gasteiger partial charge < -0.3 is 9.52 Å². The van der Waals surface area contributed by atoms with E-state index in [1.807, 2.05) is 0 Å². The van der Waals surface area contributed by atoms with Crippen LogP contribution in [0.25, 0.3) is 22.1 Å². The van der Waals surface area contributed by atoms with Crippen LogP contribution in [0.4, 0.5) is 22.0 Å². The molecule has 2 aromatic heterocycles. The molecule has 1 N–H and O–H groups in total. The van der Waals surface area contributed by atoms with Gasteiger partial charge in [-0.1, -0.05) is 24.3 Å². The summed E-state index contributed by atoms with van der Waals surface area (Å²) in [6, 6.07) is 8.60. The highest BCUT2D eigenvalue weighted by Gasteiger charge is 2.55. The van der Waals surface area contributed by atoms with E-state index in [-0.39, 0.29) is 23.3 Å². The van der Waals surface area contributed by atoms with Gasteiger partial charge in [-0.2, -0.15) is 13.2 Å². The molecule has 0 fully saturated rings. The topological polar surface area (TPSA) is 81.2 Å². The summed E-state index contributed by atoms with van der Waals surface area (Å²) in [5, 5.41) is 17.5. The highest BCUT2D eigenvalue weighted by Crippen LogP contribution is 2.40. The lowest BCUT2D eigenvalue weighted by atomic mass is 9.96. The van der Waals surface area contributed by atoms with Gasteiger partial charge in [0.2, 0.25) is 5.60 Å². The van der Waals surface area contributed by atoms with E-state index in [4.69, 9.17) is 4.42 Å². The Labute approximate surface area is 182 Å². The lowest BCUT2D eigenvalue weighted by Crippen LogP contribution is -2.42. The van der Waals surface area contributed by atoms with Crippen LogP contribution in [-0.2, 0) is 12.1 Å². The molecule has 0 bridgehead atoms. The standard InChI is InChI=1S/C22H16F5N3O3/c1-2-21(32,22(25,26)27)19-11-30(29-28-19)10-12-3-4-16-17(9-20(31)33-18(16)5-12)13-6-14(23)8-15(24)7-13/h3-9,11,32H,2,10H2,1H3/t21-/m0/s1. The minimum Gasteiger partial charge on any atom is -0.423 e. The molecule has 172 valence electrons. The molecule has 11 heteroatoms. The molecule has 1 atom stereocenters. The van der Waals surface area contributed by atoms with E-state index in [2.05, 4.69) is 10.3 Å². The van der Waals surface area contributed by atoms with Crippen molar-refractivity contribution in [3.63, 3.8) is 0 Å². The second-order valence-electron chi connectivity index (χ2n) is 7.48. The van der Waals surface area contributed by atoms with Crippen LogP contribution in [-0.4, -0.2) is 26.3 Å². The summed E-state index contributed by atoms with van der Waals surface area (Å²) in [7, 11) is 0. The fourth-order valence-electron chi connectivity index (χ4n) is 3.53. The molecule has 2 aromatic carbocycles. The van der Waals surface area contributed by atoms with Gasteiger partial charge in [0, 0.05) is 23.1 Å². The number of fused-ring (bicyclic) bond motifs is 1. The Morgan fingerprint density at radius 2 is 1.76 bits per heavy atom. The van der Waals surface area contributed by atoms with Crippen LogP contribution in [0.15, 0.2) is 57.9 Å². The Kier molecular flexibility index (Phi) is 5.52. The first-order valence-corrected chi connectivity index (χ1v) is 9.73. The molecule has 0 amide bonds. The van der Waals surface area contributed by atoms with Crippen LogP contribution in [0.2, 0.25) is 0 Å². The summed E-state index contributed by atoms with van der Waals surface area (Å²) in [6.45, 7) is 1.14. The van der Waals surface area contributed by atoms with Gasteiger partial charge in [-0.25, -0.2) is 18.3 Å². The SMILES string of the molecule is CC[C@](O)(c1cn(Cc2ccc3c(-c4cc(F)cc(F)c4)cc(=O)oc3c2)nn1)C(F)(F)F. The highest BCUT2D eigenvalue weighted by molar-refractivity contribution is 5.93. The van der Waals surface area contributed by atoms with Gasteiger partial charge in [-0.15, -0.1) is 5.10 Å². The van der Waals surface area contributed by atoms with E-state index in [9.17, 15) is 31.9 Å². The Bertz CT molecular complexity index is 1380. The molecule has 0 radical (unpaired) electrons. The van der Waals surface area contributed by atoms with E-state index in [0.29, 0.717) is 17.0 Å². The predicted molar refractivity (Wildman–Crippen MR) is 107 cm³/mol. The molecule has 0 aliphatic rings. The second-order valence-corrected chi connectivity index (χ2v) is 7.48. The second kappa shape index (κ2) is 8.07. The molecule has 0 unspecified atom stereocenters. The van der Waals surface area contributed by atoms with Gasteiger partial charge in [0.15, 0.2) is 0 Å². The lowest BCUT2D eigenvalue weighted by molar-refractivity contribution is -0.269. The number of halogens is 5. The number of benzene rings is 2. The van der Waals surface area contributed by atoms with Crippen molar-refractivity contribution in [2.24, 2.45) is 0 Å². The molecule has 33 heavy (non-hydrogen) atoms. The van der Waals surface area contributed by atoms with E-state index < -0.39 is 41.2 Å². The van der Waals surface area contributed by atoms with E-state index in [1.54, 1.807) is 12.1 Å². The van der Waals surface area contributed by atoms with Crippen LogP contribution in [0, 0.1) is 11.6 Å². The number of hydrogen-bond acceptors (Lipinski definition) is 5. The molecule has 0 aliphatic heterocycles. The molecule has 6 nitrogen and oxygen atoms in total. The molecule has 0 saturated heterocycles. The van der Waals surface area contributed by atoms with Crippen LogP contribution in [0.5, 0.6) is 0 Å². The van der Waals surface area contributed by atoms with Gasteiger partial charge in [0.25, 0.3) is 0 Å². The molecular formula is C22H16F5N3O3. The molecule has 0 aliphatic carbocycles.